The molecular weight excluding hydrogens is 889 g/mol. The zero-order valence-corrected chi connectivity index (χ0v) is 34.9. The molecule has 0 radical (unpaired) electrons. The summed E-state index contributed by atoms with van der Waals surface area (Å²) in [7, 11) is 3.44. The second-order valence-corrected chi connectivity index (χ2v) is 14.3. The van der Waals surface area contributed by atoms with Crippen LogP contribution >= 0.6 is 0 Å². The molecule has 1 heterocycles. The molecule has 6 aromatic rings. The maximum Gasteiger partial charge on any atom is 0.417 e. The Morgan fingerprint density at radius 1 is 0.712 bits per heavy atom. The molecule has 0 aliphatic carbocycles. The van der Waals surface area contributed by atoms with Crippen LogP contribution in [0.4, 0.5) is 57.9 Å². The van der Waals surface area contributed by atoms with Crippen molar-refractivity contribution in [1.29, 1.82) is 0 Å². The maximum absolute atomic E-state index is 13.9. The summed E-state index contributed by atoms with van der Waals surface area (Å²) in [6.07, 6.45) is -9.81. The number of rotatable bonds is 14. The van der Waals surface area contributed by atoms with E-state index >= 15 is 0 Å². The summed E-state index contributed by atoms with van der Waals surface area (Å²) in [5.74, 6) is -1.87. The average molecular weight is 929 g/mol. The van der Waals surface area contributed by atoms with Gasteiger partial charge in [-0.3, -0.25) is 20.2 Å². The smallest absolute Gasteiger partial charge is 0.417 e. The van der Waals surface area contributed by atoms with Gasteiger partial charge in [-0.25, -0.2) is 8.78 Å². The highest BCUT2D eigenvalue weighted by atomic mass is 19.4. The van der Waals surface area contributed by atoms with Gasteiger partial charge in [0.1, 0.15) is 25.4 Å². The second-order valence-electron chi connectivity index (χ2n) is 14.3. The number of benzene rings is 6. The Morgan fingerprint density at radius 3 is 1.56 bits per heavy atom. The van der Waals surface area contributed by atoms with E-state index in [0.717, 1.165) is 42.1 Å². The minimum atomic E-state index is -4.47. The lowest BCUT2D eigenvalue weighted by Gasteiger charge is -2.23. The standard InChI is InChI=1S/C23H20F4N2O4.C14H12F3N.C9H8FNO4/c1-28(13-18(30)14-33-22-11-10-17(29(31)32)12-21(22)24)16-8-6-15(7-9-16)19-4-2-3-5-20(19)23(25,26)27;1-18-11-8-6-10(7-9-11)12-4-2-3-5-13(12)14(15,16)17;10-8-3-6(11(12)13)1-2-9(8)15-5-7-4-14-7/h2-12,18,30H,13-14H2,1H3;2-9,18H,1H3;1-3,7H,4-5H2. The molecule has 0 saturated carbocycles. The molecule has 7 rings (SSSR count). The Hall–Kier alpha value is -7.32. The van der Waals surface area contributed by atoms with Crippen molar-refractivity contribution in [2.75, 3.05) is 50.7 Å². The SMILES string of the molecule is CN(CC(O)COc1ccc([N+](=O)[O-])cc1F)c1ccc(-c2ccccc2C(F)(F)F)cc1.CNc1ccc(-c2ccccc2C(F)(F)F)cc1.O=[N+]([O-])c1ccc(OCC2CO2)c(F)c1. The van der Waals surface area contributed by atoms with Crippen molar-refractivity contribution in [2.24, 2.45) is 0 Å². The van der Waals surface area contributed by atoms with Gasteiger partial charge in [-0.1, -0.05) is 60.7 Å². The number of ether oxygens (including phenoxy) is 3. The van der Waals surface area contributed by atoms with Crippen LogP contribution in [0.3, 0.4) is 0 Å². The first-order chi connectivity index (χ1) is 31.2. The Labute approximate surface area is 371 Å². The highest BCUT2D eigenvalue weighted by molar-refractivity contribution is 5.71. The lowest BCUT2D eigenvalue weighted by molar-refractivity contribution is -0.385. The summed E-state index contributed by atoms with van der Waals surface area (Å²) in [5, 5.41) is 34.1. The zero-order valence-electron chi connectivity index (χ0n) is 34.9. The number of nitro groups is 2. The van der Waals surface area contributed by atoms with Crippen LogP contribution in [-0.2, 0) is 17.1 Å². The summed E-state index contributed by atoms with van der Waals surface area (Å²) in [4.78, 5) is 21.2. The number of halogens is 8. The molecule has 1 saturated heterocycles. The van der Waals surface area contributed by atoms with E-state index in [-0.39, 0.29) is 54.2 Å². The molecular formula is C46H40F8N4O8. The van der Waals surface area contributed by atoms with Gasteiger partial charge in [-0.2, -0.15) is 26.3 Å². The van der Waals surface area contributed by atoms with E-state index in [0.29, 0.717) is 23.4 Å². The molecule has 348 valence electrons. The molecule has 0 aromatic heterocycles. The minimum absolute atomic E-state index is 0.0103. The number of nitrogens with zero attached hydrogens (tertiary/aromatic N) is 3. The topological polar surface area (TPSA) is 153 Å². The molecule has 0 bridgehead atoms. The van der Waals surface area contributed by atoms with Crippen molar-refractivity contribution in [3.8, 4) is 33.8 Å². The first-order valence-electron chi connectivity index (χ1n) is 19.6. The Balaban J connectivity index is 0.000000207. The Kier molecular flexibility index (Phi) is 16.6. The summed E-state index contributed by atoms with van der Waals surface area (Å²) < 4.78 is 121. The molecule has 2 unspecified atom stereocenters. The number of nitrogens with one attached hydrogen (secondary N) is 1. The fourth-order valence-electron chi connectivity index (χ4n) is 6.12. The van der Waals surface area contributed by atoms with E-state index in [1.54, 1.807) is 73.6 Å². The average Bonchev–Trinajstić information content (AvgIpc) is 4.13. The van der Waals surface area contributed by atoms with Crippen LogP contribution in [0.1, 0.15) is 11.1 Å². The van der Waals surface area contributed by atoms with Gasteiger partial charge in [-0.05, 0) is 70.8 Å². The fourth-order valence-corrected chi connectivity index (χ4v) is 6.12. The van der Waals surface area contributed by atoms with Crippen LogP contribution in [0.25, 0.3) is 22.3 Å². The van der Waals surface area contributed by atoms with Gasteiger partial charge < -0.3 is 29.5 Å². The van der Waals surface area contributed by atoms with Gasteiger partial charge in [0.05, 0.1) is 39.7 Å². The maximum atomic E-state index is 13.9. The van der Waals surface area contributed by atoms with Crippen LogP contribution in [0.2, 0.25) is 0 Å². The van der Waals surface area contributed by atoms with Crippen molar-refractivity contribution in [2.45, 2.75) is 24.6 Å². The van der Waals surface area contributed by atoms with Gasteiger partial charge in [0.25, 0.3) is 11.4 Å². The molecule has 12 nitrogen and oxygen atoms in total. The van der Waals surface area contributed by atoms with Gasteiger partial charge in [0.15, 0.2) is 23.1 Å². The van der Waals surface area contributed by atoms with Crippen molar-refractivity contribution < 1.29 is 64.3 Å². The van der Waals surface area contributed by atoms with Crippen LogP contribution in [-0.4, -0.2) is 67.6 Å². The van der Waals surface area contributed by atoms with E-state index in [4.69, 9.17) is 14.2 Å². The fraction of sp³-hybridized carbons (Fsp3) is 0.217. The molecule has 1 aliphatic rings. The monoisotopic (exact) mass is 928 g/mol. The lowest BCUT2D eigenvalue weighted by atomic mass is 9.99. The van der Waals surface area contributed by atoms with E-state index in [9.17, 15) is 60.5 Å². The van der Waals surface area contributed by atoms with E-state index in [1.807, 2.05) is 0 Å². The van der Waals surface area contributed by atoms with Crippen molar-refractivity contribution in [3.05, 3.63) is 176 Å². The Morgan fingerprint density at radius 2 is 1.15 bits per heavy atom. The lowest BCUT2D eigenvalue weighted by Crippen LogP contribution is -2.33. The Bertz CT molecular complexity index is 2580. The third-order valence-corrected chi connectivity index (χ3v) is 9.56. The number of non-ortho nitro benzene ring substituents is 2. The number of alkyl halides is 6. The molecule has 6 aromatic carbocycles. The molecule has 2 N–H and O–H groups in total. The first-order valence-corrected chi connectivity index (χ1v) is 19.6. The molecule has 0 spiro atoms. The molecule has 1 fully saturated rings. The summed E-state index contributed by atoms with van der Waals surface area (Å²) in [6.45, 7) is 0.715. The molecule has 0 amide bonds. The number of epoxide rings is 1. The number of hydrogen-bond acceptors (Lipinski definition) is 10. The molecule has 66 heavy (non-hydrogen) atoms. The third-order valence-electron chi connectivity index (χ3n) is 9.56. The number of aliphatic hydroxyl groups is 1. The van der Waals surface area contributed by atoms with Gasteiger partial charge in [0.2, 0.25) is 0 Å². The molecule has 1 aliphatic heterocycles. The third kappa shape index (κ3) is 14.1. The van der Waals surface area contributed by atoms with Crippen molar-refractivity contribution in [3.63, 3.8) is 0 Å². The zero-order chi connectivity index (χ0) is 48.2. The van der Waals surface area contributed by atoms with E-state index < -0.39 is 56.8 Å². The van der Waals surface area contributed by atoms with Crippen LogP contribution in [0.5, 0.6) is 11.5 Å². The summed E-state index contributed by atoms with van der Waals surface area (Å²) >= 11 is 0. The van der Waals surface area contributed by atoms with Crippen LogP contribution < -0.4 is 19.7 Å². The summed E-state index contributed by atoms with van der Waals surface area (Å²) in [6, 6.07) is 30.3. The predicted octanol–water partition coefficient (Wildman–Crippen LogP) is 11.2. The second kappa shape index (κ2) is 22.0. The predicted molar refractivity (Wildman–Crippen MR) is 229 cm³/mol. The van der Waals surface area contributed by atoms with Gasteiger partial charge >= 0.3 is 12.4 Å². The van der Waals surface area contributed by atoms with Crippen molar-refractivity contribution >= 4 is 22.7 Å². The van der Waals surface area contributed by atoms with E-state index in [1.165, 1.54) is 42.5 Å². The highest BCUT2D eigenvalue weighted by Crippen LogP contribution is 2.38. The first kappa shape index (κ1) is 49.7. The van der Waals surface area contributed by atoms with Gasteiger partial charge in [-0.15, -0.1) is 0 Å². The molecule has 2 atom stereocenters. The quantitative estimate of drug-likeness (QED) is 0.0467. The minimum Gasteiger partial charge on any atom is -0.488 e. The van der Waals surface area contributed by atoms with Crippen LogP contribution in [0.15, 0.2) is 133 Å². The number of hydrogen-bond donors (Lipinski definition) is 2. The normalized spacial score (nSPS) is 13.5. The van der Waals surface area contributed by atoms with E-state index in [2.05, 4.69) is 5.32 Å². The van der Waals surface area contributed by atoms with Crippen molar-refractivity contribution in [1.82, 2.24) is 0 Å². The number of likely N-dealkylation sites (N-methyl/N-ethyl adjacent to an activating group) is 1. The van der Waals surface area contributed by atoms with Gasteiger partial charge in [0, 0.05) is 44.1 Å². The van der Waals surface area contributed by atoms with Crippen LogP contribution in [0, 0.1) is 31.9 Å². The summed E-state index contributed by atoms with van der Waals surface area (Å²) in [5.41, 5.74) is 0.695. The largest absolute Gasteiger partial charge is 0.488 e. The number of anilines is 2. The number of nitro benzene ring substituents is 2. The molecule has 20 heteroatoms. The highest BCUT2D eigenvalue weighted by Gasteiger charge is 2.34. The number of aliphatic hydroxyl groups excluding tert-OH is 1.